The van der Waals surface area contributed by atoms with Gasteiger partial charge in [-0.25, -0.2) is 15.0 Å². The molecule has 0 radical (unpaired) electrons. The quantitative estimate of drug-likeness (QED) is 0.757. The normalized spacial score (nSPS) is 11.9. The molecule has 0 saturated carbocycles. The summed E-state index contributed by atoms with van der Waals surface area (Å²) in [4.78, 5) is 14.0. The lowest BCUT2D eigenvalue weighted by atomic mass is 9.95. The van der Waals surface area contributed by atoms with Gasteiger partial charge in [-0.3, -0.25) is 0 Å². The Morgan fingerprint density at radius 1 is 1.12 bits per heavy atom. The molecule has 0 aliphatic heterocycles. The highest BCUT2D eigenvalue weighted by atomic mass is 16.5. The van der Waals surface area contributed by atoms with Crippen LogP contribution in [-0.4, -0.2) is 26.6 Å². The topological polar surface area (TPSA) is 64.9 Å². The van der Waals surface area contributed by atoms with Gasteiger partial charge < -0.3 is 14.6 Å². The fourth-order valence-corrected chi connectivity index (χ4v) is 2.83. The van der Waals surface area contributed by atoms with E-state index in [2.05, 4.69) is 65.7 Å². The lowest BCUT2D eigenvalue weighted by Crippen LogP contribution is -2.19. The number of anilines is 1. The maximum absolute atomic E-state index is 5.25. The zero-order valence-electron chi connectivity index (χ0n) is 16.4. The molecule has 26 heavy (non-hydrogen) atoms. The lowest BCUT2D eigenvalue weighted by molar-refractivity contribution is 0.181. The molecule has 6 heteroatoms. The van der Waals surface area contributed by atoms with Crippen LogP contribution in [0, 0.1) is 6.92 Å². The molecule has 1 N–H and O–H groups in total. The van der Waals surface area contributed by atoms with Gasteiger partial charge in [0.1, 0.15) is 17.5 Å². The Hall–Kier alpha value is -2.47. The molecule has 0 saturated heterocycles. The van der Waals surface area contributed by atoms with Crippen LogP contribution in [0.2, 0.25) is 0 Å². The zero-order valence-corrected chi connectivity index (χ0v) is 16.4. The van der Waals surface area contributed by atoms with Gasteiger partial charge in [0, 0.05) is 25.6 Å². The van der Waals surface area contributed by atoms with E-state index in [0.717, 1.165) is 34.2 Å². The number of methoxy groups -OCH3 is 1. The molecule has 1 aromatic carbocycles. The molecule has 0 fully saturated rings. The molecule has 0 aliphatic rings. The van der Waals surface area contributed by atoms with Crippen molar-refractivity contribution in [3.8, 4) is 0 Å². The van der Waals surface area contributed by atoms with Gasteiger partial charge in [-0.1, -0.05) is 26.8 Å². The molecule has 138 valence electrons. The first-order chi connectivity index (χ1) is 12.3. The van der Waals surface area contributed by atoms with E-state index in [9.17, 15) is 0 Å². The monoisotopic (exact) mass is 353 g/mol. The van der Waals surface area contributed by atoms with Crippen LogP contribution in [0.3, 0.4) is 0 Å². The van der Waals surface area contributed by atoms with Gasteiger partial charge in [0.15, 0.2) is 0 Å². The van der Waals surface area contributed by atoms with E-state index in [-0.39, 0.29) is 5.41 Å². The Labute approximate surface area is 154 Å². The van der Waals surface area contributed by atoms with Crippen LogP contribution < -0.4 is 5.32 Å². The maximum Gasteiger partial charge on any atom is 0.136 e. The van der Waals surface area contributed by atoms with Gasteiger partial charge in [-0.15, -0.1) is 0 Å². The predicted molar refractivity (Wildman–Crippen MR) is 104 cm³/mol. The van der Waals surface area contributed by atoms with Gasteiger partial charge in [0.25, 0.3) is 0 Å². The molecule has 0 aliphatic carbocycles. The summed E-state index contributed by atoms with van der Waals surface area (Å²) in [5.41, 5.74) is 4.10. The number of hydrogen-bond donors (Lipinski definition) is 1. The van der Waals surface area contributed by atoms with Gasteiger partial charge in [0.2, 0.25) is 0 Å². The SMILES string of the molecule is COCc1cc(NCc2nc3cc(C)ccc3n2C)nc(C(C)(C)C)n1. The number of benzene rings is 1. The van der Waals surface area contributed by atoms with E-state index in [1.165, 1.54) is 5.56 Å². The number of nitrogens with zero attached hydrogens (tertiary/aromatic N) is 4. The molecule has 0 bridgehead atoms. The van der Waals surface area contributed by atoms with Gasteiger partial charge >= 0.3 is 0 Å². The summed E-state index contributed by atoms with van der Waals surface area (Å²) in [5, 5.41) is 3.40. The highest BCUT2D eigenvalue weighted by Gasteiger charge is 2.19. The Morgan fingerprint density at radius 3 is 2.58 bits per heavy atom. The van der Waals surface area contributed by atoms with Crippen LogP contribution in [0.25, 0.3) is 11.0 Å². The summed E-state index contributed by atoms with van der Waals surface area (Å²) >= 11 is 0. The molecule has 2 heterocycles. The molecule has 0 spiro atoms. The standard InChI is InChI=1S/C20H27N5O/c1-13-7-8-16-15(9-13)23-18(25(16)5)11-21-17-10-14(12-26-6)22-19(24-17)20(2,3)4/h7-10H,11-12H2,1-6H3,(H,21,22,24). The van der Waals surface area contributed by atoms with Crippen LogP contribution in [0.4, 0.5) is 5.82 Å². The average molecular weight is 353 g/mol. The zero-order chi connectivity index (χ0) is 18.9. The number of nitrogens with one attached hydrogen (secondary N) is 1. The minimum atomic E-state index is -0.129. The summed E-state index contributed by atoms with van der Waals surface area (Å²) < 4.78 is 7.36. The van der Waals surface area contributed by atoms with Crippen LogP contribution in [0.15, 0.2) is 24.3 Å². The van der Waals surface area contributed by atoms with Crippen molar-refractivity contribution in [2.24, 2.45) is 7.05 Å². The molecule has 0 amide bonds. The fourth-order valence-electron chi connectivity index (χ4n) is 2.83. The number of imidazole rings is 1. The Morgan fingerprint density at radius 2 is 1.88 bits per heavy atom. The third kappa shape index (κ3) is 3.85. The van der Waals surface area contributed by atoms with Crippen molar-refractivity contribution in [2.75, 3.05) is 12.4 Å². The van der Waals surface area contributed by atoms with E-state index >= 15 is 0 Å². The van der Waals surface area contributed by atoms with E-state index in [0.29, 0.717) is 13.2 Å². The smallest absolute Gasteiger partial charge is 0.136 e. The van der Waals surface area contributed by atoms with Gasteiger partial charge in [-0.2, -0.15) is 0 Å². The van der Waals surface area contributed by atoms with Gasteiger partial charge in [0.05, 0.1) is 29.9 Å². The Bertz CT molecular complexity index is 924. The Balaban J connectivity index is 1.87. The number of hydrogen-bond acceptors (Lipinski definition) is 5. The molecule has 3 aromatic rings. The summed E-state index contributed by atoms with van der Waals surface area (Å²) in [6.45, 7) is 9.46. The highest BCUT2D eigenvalue weighted by Crippen LogP contribution is 2.22. The van der Waals surface area contributed by atoms with E-state index in [4.69, 9.17) is 9.72 Å². The summed E-state index contributed by atoms with van der Waals surface area (Å²) in [7, 11) is 3.71. The minimum Gasteiger partial charge on any atom is -0.378 e. The van der Waals surface area contributed by atoms with Crippen LogP contribution in [-0.2, 0) is 30.4 Å². The molecule has 6 nitrogen and oxygen atoms in total. The van der Waals surface area contributed by atoms with Crippen molar-refractivity contribution in [1.82, 2.24) is 19.5 Å². The fraction of sp³-hybridized carbons (Fsp3) is 0.450. The summed E-state index contributed by atoms with van der Waals surface area (Å²) in [5.74, 6) is 2.56. The first kappa shape index (κ1) is 18.3. The summed E-state index contributed by atoms with van der Waals surface area (Å²) in [6, 6.07) is 8.27. The second kappa shape index (κ2) is 7.03. The van der Waals surface area contributed by atoms with E-state index in [1.807, 2.05) is 13.1 Å². The highest BCUT2D eigenvalue weighted by molar-refractivity contribution is 5.76. The van der Waals surface area contributed by atoms with E-state index in [1.54, 1.807) is 7.11 Å². The second-order valence-corrected chi connectivity index (χ2v) is 7.68. The Kier molecular flexibility index (Phi) is 4.96. The third-order valence-corrected chi connectivity index (χ3v) is 4.30. The largest absolute Gasteiger partial charge is 0.378 e. The predicted octanol–water partition coefficient (Wildman–Crippen LogP) is 3.73. The first-order valence-corrected chi connectivity index (χ1v) is 8.81. The molecule has 0 unspecified atom stereocenters. The number of aromatic nitrogens is 4. The average Bonchev–Trinajstić information content (AvgIpc) is 2.87. The lowest BCUT2D eigenvalue weighted by Gasteiger charge is -2.19. The van der Waals surface area contributed by atoms with Crippen molar-refractivity contribution in [3.63, 3.8) is 0 Å². The molecule has 2 aromatic heterocycles. The van der Waals surface area contributed by atoms with Crippen LogP contribution in [0.5, 0.6) is 0 Å². The van der Waals surface area contributed by atoms with E-state index < -0.39 is 0 Å². The van der Waals surface area contributed by atoms with Crippen molar-refractivity contribution in [3.05, 3.63) is 47.2 Å². The molecular formula is C20H27N5O. The van der Waals surface area contributed by atoms with Crippen LogP contribution >= 0.6 is 0 Å². The van der Waals surface area contributed by atoms with Gasteiger partial charge in [-0.05, 0) is 24.6 Å². The van der Waals surface area contributed by atoms with Crippen molar-refractivity contribution in [2.45, 2.75) is 46.3 Å². The molecule has 3 rings (SSSR count). The third-order valence-electron chi connectivity index (χ3n) is 4.30. The van der Waals surface area contributed by atoms with Crippen molar-refractivity contribution >= 4 is 16.9 Å². The number of fused-ring (bicyclic) bond motifs is 1. The first-order valence-electron chi connectivity index (χ1n) is 8.81. The van der Waals surface area contributed by atoms with Crippen LogP contribution in [0.1, 0.15) is 43.7 Å². The van der Waals surface area contributed by atoms with Crippen molar-refractivity contribution in [1.29, 1.82) is 0 Å². The molecular weight excluding hydrogens is 326 g/mol. The number of ether oxygens (including phenoxy) is 1. The second-order valence-electron chi connectivity index (χ2n) is 7.68. The summed E-state index contributed by atoms with van der Waals surface area (Å²) in [6.07, 6.45) is 0. The minimum absolute atomic E-state index is 0.129. The molecule has 0 atom stereocenters. The number of rotatable bonds is 5. The maximum atomic E-state index is 5.25. The van der Waals surface area contributed by atoms with Crippen molar-refractivity contribution < 1.29 is 4.74 Å². The number of aryl methyl sites for hydroxylation is 2.